The van der Waals surface area contributed by atoms with Crippen LogP contribution in [0.5, 0.6) is 11.5 Å². The fraction of sp³-hybridized carbons (Fsp3) is 0.133. The molecule has 0 saturated heterocycles. The van der Waals surface area contributed by atoms with Crippen molar-refractivity contribution in [1.29, 1.82) is 0 Å². The predicted molar refractivity (Wildman–Crippen MR) is 69.1 cm³/mol. The average Bonchev–Trinajstić information content (AvgIpc) is 2.37. The molecule has 0 aliphatic heterocycles. The number of phenolic OH excluding ortho intramolecular Hbond substituents is 2. The molecule has 0 heterocycles. The molecular formula is C15H14O3. The molecule has 0 spiro atoms. The highest BCUT2D eigenvalue weighted by Crippen LogP contribution is 2.31. The first kappa shape index (κ1) is 12.2. The standard InChI is InChI=1S/C15H14O3/c1-10-4-2-3-5-11(10)8-12-6-7-14(17)15(18)13(12)9-16/h2-7,9,17-18H,8H2,1H3. The summed E-state index contributed by atoms with van der Waals surface area (Å²) in [6, 6.07) is 10.9. The van der Waals surface area contributed by atoms with Gasteiger partial charge in [0.1, 0.15) is 0 Å². The predicted octanol–water partition coefficient (Wildman–Crippen LogP) is 2.81. The molecule has 0 radical (unpaired) electrons. The molecule has 92 valence electrons. The lowest BCUT2D eigenvalue weighted by Crippen LogP contribution is -1.97. The van der Waals surface area contributed by atoms with Crippen LogP contribution in [-0.4, -0.2) is 16.5 Å². The Balaban J connectivity index is 2.44. The normalized spacial score (nSPS) is 10.3. The van der Waals surface area contributed by atoms with E-state index in [4.69, 9.17) is 0 Å². The highest BCUT2D eigenvalue weighted by molar-refractivity contribution is 5.83. The fourth-order valence-corrected chi connectivity index (χ4v) is 1.94. The summed E-state index contributed by atoms with van der Waals surface area (Å²) in [5, 5.41) is 19.0. The van der Waals surface area contributed by atoms with Gasteiger partial charge in [0.15, 0.2) is 17.8 Å². The van der Waals surface area contributed by atoms with Crippen molar-refractivity contribution in [2.45, 2.75) is 13.3 Å². The van der Waals surface area contributed by atoms with Gasteiger partial charge in [-0.05, 0) is 36.1 Å². The van der Waals surface area contributed by atoms with Crippen LogP contribution in [0.2, 0.25) is 0 Å². The van der Waals surface area contributed by atoms with E-state index in [0.29, 0.717) is 18.3 Å². The zero-order valence-electron chi connectivity index (χ0n) is 10.1. The van der Waals surface area contributed by atoms with Crippen molar-refractivity contribution in [1.82, 2.24) is 0 Å². The number of aryl methyl sites for hydroxylation is 1. The molecule has 0 amide bonds. The number of hydrogen-bond donors (Lipinski definition) is 2. The second-order valence-corrected chi connectivity index (χ2v) is 4.23. The number of hydrogen-bond acceptors (Lipinski definition) is 3. The molecule has 0 unspecified atom stereocenters. The molecule has 0 aromatic heterocycles. The summed E-state index contributed by atoms with van der Waals surface area (Å²) < 4.78 is 0. The van der Waals surface area contributed by atoms with Crippen molar-refractivity contribution >= 4 is 6.29 Å². The van der Waals surface area contributed by atoms with Crippen molar-refractivity contribution in [3.63, 3.8) is 0 Å². The van der Waals surface area contributed by atoms with Gasteiger partial charge in [0, 0.05) is 0 Å². The zero-order valence-corrected chi connectivity index (χ0v) is 10.1. The Hall–Kier alpha value is -2.29. The molecular weight excluding hydrogens is 228 g/mol. The van der Waals surface area contributed by atoms with Crippen molar-refractivity contribution < 1.29 is 15.0 Å². The van der Waals surface area contributed by atoms with Gasteiger partial charge >= 0.3 is 0 Å². The maximum absolute atomic E-state index is 11.0. The van der Waals surface area contributed by atoms with Crippen LogP contribution in [-0.2, 0) is 6.42 Å². The van der Waals surface area contributed by atoms with Crippen LogP contribution in [0, 0.1) is 6.92 Å². The van der Waals surface area contributed by atoms with Gasteiger partial charge in [-0.3, -0.25) is 4.79 Å². The van der Waals surface area contributed by atoms with E-state index in [1.165, 1.54) is 6.07 Å². The third kappa shape index (κ3) is 2.20. The molecule has 2 aromatic rings. The number of benzene rings is 2. The molecule has 2 rings (SSSR count). The van der Waals surface area contributed by atoms with E-state index >= 15 is 0 Å². The number of aromatic hydroxyl groups is 2. The Morgan fingerprint density at radius 1 is 1.06 bits per heavy atom. The second kappa shape index (κ2) is 4.92. The Morgan fingerprint density at radius 2 is 1.78 bits per heavy atom. The van der Waals surface area contributed by atoms with Gasteiger partial charge in [-0.25, -0.2) is 0 Å². The van der Waals surface area contributed by atoms with Gasteiger partial charge in [-0.1, -0.05) is 30.3 Å². The van der Waals surface area contributed by atoms with E-state index in [9.17, 15) is 15.0 Å². The summed E-state index contributed by atoms with van der Waals surface area (Å²) in [4.78, 5) is 11.0. The molecule has 0 aliphatic rings. The lowest BCUT2D eigenvalue weighted by molar-refractivity contribution is 0.111. The smallest absolute Gasteiger partial charge is 0.168 e. The minimum absolute atomic E-state index is 0.151. The van der Waals surface area contributed by atoms with E-state index in [-0.39, 0.29) is 17.1 Å². The van der Waals surface area contributed by atoms with Crippen LogP contribution < -0.4 is 0 Å². The molecule has 3 nitrogen and oxygen atoms in total. The van der Waals surface area contributed by atoms with Crippen molar-refractivity contribution in [2.24, 2.45) is 0 Å². The van der Waals surface area contributed by atoms with E-state index < -0.39 is 0 Å². The first-order valence-corrected chi connectivity index (χ1v) is 5.67. The van der Waals surface area contributed by atoms with Crippen molar-refractivity contribution in [3.05, 3.63) is 58.7 Å². The summed E-state index contributed by atoms with van der Waals surface area (Å²) >= 11 is 0. The molecule has 2 aromatic carbocycles. The maximum atomic E-state index is 11.0. The number of aldehydes is 1. The van der Waals surface area contributed by atoms with Crippen LogP contribution in [0.1, 0.15) is 27.0 Å². The minimum Gasteiger partial charge on any atom is -0.504 e. The molecule has 2 N–H and O–H groups in total. The van der Waals surface area contributed by atoms with E-state index in [1.807, 2.05) is 31.2 Å². The molecule has 0 aliphatic carbocycles. The molecule has 0 saturated carbocycles. The summed E-state index contributed by atoms with van der Waals surface area (Å²) in [6.45, 7) is 2.00. The van der Waals surface area contributed by atoms with Crippen LogP contribution in [0.25, 0.3) is 0 Å². The van der Waals surface area contributed by atoms with Gasteiger partial charge in [-0.2, -0.15) is 0 Å². The maximum Gasteiger partial charge on any atom is 0.168 e. The first-order chi connectivity index (χ1) is 8.63. The topological polar surface area (TPSA) is 57.5 Å². The van der Waals surface area contributed by atoms with E-state index in [1.54, 1.807) is 6.07 Å². The summed E-state index contributed by atoms with van der Waals surface area (Å²) in [5.41, 5.74) is 3.07. The SMILES string of the molecule is Cc1ccccc1Cc1ccc(O)c(O)c1C=O. The third-order valence-corrected chi connectivity index (χ3v) is 3.05. The average molecular weight is 242 g/mol. The molecule has 18 heavy (non-hydrogen) atoms. The van der Waals surface area contributed by atoms with Crippen LogP contribution in [0.3, 0.4) is 0 Å². The zero-order chi connectivity index (χ0) is 13.1. The molecule has 0 fully saturated rings. The first-order valence-electron chi connectivity index (χ1n) is 5.67. The van der Waals surface area contributed by atoms with E-state index in [0.717, 1.165) is 11.1 Å². The number of carbonyl (C=O) groups is 1. The Labute approximate surface area is 105 Å². The van der Waals surface area contributed by atoms with Gasteiger partial charge < -0.3 is 10.2 Å². The second-order valence-electron chi connectivity index (χ2n) is 4.23. The molecule has 0 bridgehead atoms. The van der Waals surface area contributed by atoms with Crippen LogP contribution >= 0.6 is 0 Å². The van der Waals surface area contributed by atoms with Crippen LogP contribution in [0.4, 0.5) is 0 Å². The van der Waals surface area contributed by atoms with Gasteiger partial charge in [0.05, 0.1) is 5.56 Å². The fourth-order valence-electron chi connectivity index (χ4n) is 1.94. The molecule has 3 heteroatoms. The monoisotopic (exact) mass is 242 g/mol. The van der Waals surface area contributed by atoms with E-state index in [2.05, 4.69) is 0 Å². The largest absolute Gasteiger partial charge is 0.504 e. The molecule has 0 atom stereocenters. The summed E-state index contributed by atoms with van der Waals surface area (Å²) in [7, 11) is 0. The Bertz CT molecular complexity index is 588. The van der Waals surface area contributed by atoms with Crippen LogP contribution in [0.15, 0.2) is 36.4 Å². The van der Waals surface area contributed by atoms with Gasteiger partial charge in [0.25, 0.3) is 0 Å². The minimum atomic E-state index is -0.351. The summed E-state index contributed by atoms with van der Waals surface area (Å²) in [5.74, 6) is -0.623. The number of phenols is 2. The van der Waals surface area contributed by atoms with Crippen molar-refractivity contribution in [3.8, 4) is 11.5 Å². The number of carbonyl (C=O) groups excluding carboxylic acids is 1. The van der Waals surface area contributed by atoms with Gasteiger partial charge in [-0.15, -0.1) is 0 Å². The highest BCUT2D eigenvalue weighted by Gasteiger charge is 2.12. The summed E-state index contributed by atoms with van der Waals surface area (Å²) in [6.07, 6.45) is 1.12. The Morgan fingerprint density at radius 3 is 2.44 bits per heavy atom. The lowest BCUT2D eigenvalue weighted by Gasteiger charge is -2.10. The quantitative estimate of drug-likeness (QED) is 0.642. The third-order valence-electron chi connectivity index (χ3n) is 3.05. The highest BCUT2D eigenvalue weighted by atomic mass is 16.3. The van der Waals surface area contributed by atoms with Gasteiger partial charge in [0.2, 0.25) is 0 Å². The number of rotatable bonds is 3. The lowest BCUT2D eigenvalue weighted by atomic mass is 9.96. The van der Waals surface area contributed by atoms with Crippen molar-refractivity contribution in [2.75, 3.05) is 0 Å². The Kier molecular flexibility index (Phi) is 3.33.